The van der Waals surface area contributed by atoms with Gasteiger partial charge in [-0.3, -0.25) is 9.59 Å². The maximum Gasteiger partial charge on any atom is 0.271 e. The molecular formula is C9H16N2O7. The molecule has 0 aromatic carbocycles. The molecule has 104 valence electrons. The molecule has 0 bridgehead atoms. The molecule has 0 heterocycles. The summed E-state index contributed by atoms with van der Waals surface area (Å²) in [5, 5.41) is 48.5. The number of aliphatic hydroxyl groups excluding tert-OH is 5. The van der Waals surface area contributed by atoms with Gasteiger partial charge >= 0.3 is 0 Å². The van der Waals surface area contributed by atoms with Gasteiger partial charge in [-0.25, -0.2) is 5.43 Å². The van der Waals surface area contributed by atoms with Crippen LogP contribution in [0.15, 0.2) is 5.10 Å². The summed E-state index contributed by atoms with van der Waals surface area (Å²) >= 11 is 0. The lowest BCUT2D eigenvalue weighted by Crippen LogP contribution is -2.51. The number of rotatable bonds is 7. The Kier molecular flexibility index (Phi) is 7.24. The Morgan fingerprint density at radius 1 is 1.22 bits per heavy atom. The molecule has 9 heteroatoms. The maximum atomic E-state index is 11.2. The summed E-state index contributed by atoms with van der Waals surface area (Å²) in [4.78, 5) is 21.6. The second-order valence-electron chi connectivity index (χ2n) is 3.52. The average Bonchev–Trinajstić information content (AvgIpc) is 2.34. The highest BCUT2D eigenvalue weighted by Gasteiger charge is 2.34. The van der Waals surface area contributed by atoms with Gasteiger partial charge in [0.1, 0.15) is 18.3 Å². The van der Waals surface area contributed by atoms with Crippen molar-refractivity contribution in [2.24, 2.45) is 5.10 Å². The molecule has 0 rings (SSSR count). The minimum atomic E-state index is -2.08. The minimum absolute atomic E-state index is 0.443. The fourth-order valence-corrected chi connectivity index (χ4v) is 0.930. The van der Waals surface area contributed by atoms with E-state index in [2.05, 4.69) is 5.10 Å². The Labute approximate surface area is 102 Å². The van der Waals surface area contributed by atoms with Crippen molar-refractivity contribution in [3.8, 4) is 0 Å². The summed E-state index contributed by atoms with van der Waals surface area (Å²) in [6, 6.07) is 0. The Bertz CT molecular complexity index is 320. The molecule has 18 heavy (non-hydrogen) atoms. The quantitative estimate of drug-likeness (QED) is 0.202. The van der Waals surface area contributed by atoms with Crippen LogP contribution in [0.2, 0.25) is 0 Å². The second-order valence-corrected chi connectivity index (χ2v) is 3.52. The van der Waals surface area contributed by atoms with Gasteiger partial charge in [-0.15, -0.1) is 0 Å². The van der Waals surface area contributed by atoms with Crippen LogP contribution in [0, 0.1) is 0 Å². The number of hydrogen-bond acceptors (Lipinski definition) is 8. The molecule has 9 nitrogen and oxygen atoms in total. The first-order valence-corrected chi connectivity index (χ1v) is 4.97. The molecule has 0 aromatic heterocycles. The third kappa shape index (κ3) is 5.29. The van der Waals surface area contributed by atoms with Gasteiger partial charge in [-0.1, -0.05) is 0 Å². The molecule has 0 saturated heterocycles. The summed E-state index contributed by atoms with van der Waals surface area (Å²) in [7, 11) is 0. The Morgan fingerprint density at radius 3 is 2.22 bits per heavy atom. The monoisotopic (exact) mass is 264 g/mol. The van der Waals surface area contributed by atoms with E-state index in [4.69, 9.17) is 10.2 Å². The van der Waals surface area contributed by atoms with Crippen molar-refractivity contribution in [3.63, 3.8) is 0 Å². The average molecular weight is 264 g/mol. The van der Waals surface area contributed by atoms with E-state index in [0.717, 1.165) is 6.21 Å². The summed E-state index contributed by atoms with van der Waals surface area (Å²) in [6.07, 6.45) is -6.93. The molecule has 0 aliphatic heterocycles. The highest BCUT2D eigenvalue weighted by atomic mass is 16.4. The van der Waals surface area contributed by atoms with Gasteiger partial charge in [-0.2, -0.15) is 5.10 Å². The van der Waals surface area contributed by atoms with Gasteiger partial charge < -0.3 is 25.5 Å². The molecule has 4 atom stereocenters. The Hall–Kier alpha value is -1.39. The molecular weight excluding hydrogens is 248 g/mol. The van der Waals surface area contributed by atoms with E-state index in [9.17, 15) is 24.9 Å². The predicted octanol–water partition coefficient (Wildman–Crippen LogP) is -3.89. The fraction of sp³-hybridized carbons (Fsp3) is 0.667. The van der Waals surface area contributed by atoms with Crippen LogP contribution in [0.3, 0.4) is 0 Å². The van der Waals surface area contributed by atoms with E-state index >= 15 is 0 Å². The number of carbonyl (C=O) groups is 2. The zero-order valence-corrected chi connectivity index (χ0v) is 9.59. The number of Topliss-reactive ketones (excluding diaryl/α,β-unsaturated/α-hetero) is 1. The van der Waals surface area contributed by atoms with Crippen molar-refractivity contribution in [1.82, 2.24) is 5.43 Å². The van der Waals surface area contributed by atoms with Gasteiger partial charge in [-0.05, 0) is 0 Å². The normalized spacial score (nSPS) is 18.1. The zero-order valence-electron chi connectivity index (χ0n) is 9.59. The standard InChI is InChI=1S/C9H16N2O7/c1-4(13)2-10-11-9(18)8(17)7(16)6(15)5(14)3-12/h2,5-8,12,14-17H,3H2,1H3,(H,11,18)/b10-2-/t5-,6-,7-,8+/m1/s1. The van der Waals surface area contributed by atoms with Crippen molar-refractivity contribution >= 4 is 17.9 Å². The van der Waals surface area contributed by atoms with Gasteiger partial charge in [0, 0.05) is 6.92 Å². The maximum absolute atomic E-state index is 11.2. The third-order valence-electron chi connectivity index (χ3n) is 1.94. The number of aliphatic hydroxyl groups is 5. The van der Waals surface area contributed by atoms with Crippen LogP contribution in [0.1, 0.15) is 6.92 Å². The summed E-state index contributed by atoms with van der Waals surface area (Å²) in [6.45, 7) is 0.331. The molecule has 0 aliphatic carbocycles. The van der Waals surface area contributed by atoms with Crippen LogP contribution in [0.5, 0.6) is 0 Å². The Balaban J connectivity index is 4.40. The summed E-state index contributed by atoms with van der Waals surface area (Å²) < 4.78 is 0. The number of carbonyl (C=O) groups excluding carboxylic acids is 2. The van der Waals surface area contributed by atoms with Crippen LogP contribution in [0.25, 0.3) is 0 Å². The Morgan fingerprint density at radius 2 is 1.78 bits per heavy atom. The smallest absolute Gasteiger partial charge is 0.271 e. The van der Waals surface area contributed by atoms with Crippen LogP contribution >= 0.6 is 0 Å². The van der Waals surface area contributed by atoms with Crippen LogP contribution in [0.4, 0.5) is 0 Å². The summed E-state index contributed by atoms with van der Waals surface area (Å²) in [5.41, 5.74) is 1.75. The molecule has 0 saturated carbocycles. The van der Waals surface area contributed by atoms with E-state index in [-0.39, 0.29) is 0 Å². The lowest BCUT2D eigenvalue weighted by Gasteiger charge is -2.24. The number of hydrogen-bond donors (Lipinski definition) is 6. The molecule has 0 unspecified atom stereocenters. The van der Waals surface area contributed by atoms with Gasteiger partial charge in [0.15, 0.2) is 11.9 Å². The first kappa shape index (κ1) is 16.6. The van der Waals surface area contributed by atoms with E-state index in [1.807, 2.05) is 0 Å². The zero-order chi connectivity index (χ0) is 14.3. The van der Waals surface area contributed by atoms with Crippen molar-refractivity contribution in [2.45, 2.75) is 31.3 Å². The molecule has 0 aromatic rings. The van der Waals surface area contributed by atoms with Crippen molar-refractivity contribution in [2.75, 3.05) is 6.61 Å². The largest absolute Gasteiger partial charge is 0.394 e. The van der Waals surface area contributed by atoms with E-state index in [1.165, 1.54) is 6.92 Å². The van der Waals surface area contributed by atoms with Gasteiger partial charge in [0.05, 0.1) is 12.8 Å². The predicted molar refractivity (Wildman–Crippen MR) is 58.4 cm³/mol. The fourth-order valence-electron chi connectivity index (χ4n) is 0.930. The third-order valence-corrected chi connectivity index (χ3v) is 1.94. The molecule has 0 fully saturated rings. The van der Waals surface area contributed by atoms with Gasteiger partial charge in [0.2, 0.25) is 0 Å². The lowest BCUT2D eigenvalue weighted by molar-refractivity contribution is -0.148. The molecule has 1 amide bonds. The second kappa shape index (κ2) is 7.84. The van der Waals surface area contributed by atoms with E-state index < -0.39 is 42.7 Å². The SMILES string of the molecule is CC(=O)/C=N\NC(=O)[C@@H](O)[C@H](O)[C@H](O)[C@H](O)CO. The lowest BCUT2D eigenvalue weighted by atomic mass is 10.0. The molecule has 0 aliphatic rings. The van der Waals surface area contributed by atoms with Crippen molar-refractivity contribution in [3.05, 3.63) is 0 Å². The van der Waals surface area contributed by atoms with Gasteiger partial charge in [0.25, 0.3) is 5.91 Å². The highest BCUT2D eigenvalue weighted by molar-refractivity contribution is 6.26. The van der Waals surface area contributed by atoms with Crippen LogP contribution in [-0.2, 0) is 9.59 Å². The number of hydrazone groups is 1. The highest BCUT2D eigenvalue weighted by Crippen LogP contribution is 2.05. The summed E-state index contributed by atoms with van der Waals surface area (Å²) in [5.74, 6) is -1.62. The minimum Gasteiger partial charge on any atom is -0.394 e. The number of nitrogens with zero attached hydrogens (tertiary/aromatic N) is 1. The first-order chi connectivity index (χ1) is 8.31. The van der Waals surface area contributed by atoms with E-state index in [1.54, 1.807) is 5.43 Å². The number of amides is 1. The van der Waals surface area contributed by atoms with Crippen molar-refractivity contribution < 1.29 is 35.1 Å². The van der Waals surface area contributed by atoms with Crippen LogP contribution < -0.4 is 5.43 Å². The van der Waals surface area contributed by atoms with Crippen molar-refractivity contribution in [1.29, 1.82) is 0 Å². The first-order valence-electron chi connectivity index (χ1n) is 4.97. The topological polar surface area (TPSA) is 160 Å². The van der Waals surface area contributed by atoms with E-state index in [0.29, 0.717) is 0 Å². The molecule has 0 radical (unpaired) electrons. The number of ketones is 1. The molecule has 0 spiro atoms. The van der Waals surface area contributed by atoms with Crippen LogP contribution in [-0.4, -0.2) is 74.5 Å². The number of nitrogens with one attached hydrogen (secondary N) is 1. The molecule has 6 N–H and O–H groups in total.